The fourth-order valence-electron chi connectivity index (χ4n) is 3.84. The Bertz CT molecular complexity index is 976. The smallest absolute Gasteiger partial charge is 0.550 e. The number of hydrogen-bond acceptors (Lipinski definition) is 6. The Morgan fingerprint density at radius 3 is 2.21 bits per heavy atom. The number of carbonyl (C=O) groups excluding carboxylic acids is 1. The second-order valence-corrected chi connectivity index (χ2v) is 8.79. The first-order valence-electron chi connectivity index (χ1n) is 11.1. The van der Waals surface area contributed by atoms with E-state index in [-0.39, 0.29) is 53.6 Å². The number of halogens is 1. The molecule has 6 nitrogen and oxygen atoms in total. The summed E-state index contributed by atoms with van der Waals surface area (Å²) in [5.41, 5.74) is 4.99. The summed E-state index contributed by atoms with van der Waals surface area (Å²) in [6, 6.07) is 6.20. The van der Waals surface area contributed by atoms with E-state index >= 15 is 0 Å². The monoisotopic (exact) mass is 481 g/mol. The zero-order chi connectivity index (χ0) is 24.7. The number of methoxy groups -OCH3 is 1. The van der Waals surface area contributed by atoms with Crippen LogP contribution in [0.1, 0.15) is 74.9 Å². The molecule has 0 aliphatic carbocycles. The van der Waals surface area contributed by atoms with Gasteiger partial charge in [-0.05, 0) is 35.1 Å². The van der Waals surface area contributed by atoms with Gasteiger partial charge in [0, 0.05) is 42.7 Å². The van der Waals surface area contributed by atoms with Gasteiger partial charge in [0.15, 0.2) is 0 Å². The van der Waals surface area contributed by atoms with Gasteiger partial charge >= 0.3 is 29.6 Å². The molecule has 2 N–H and O–H groups in total. The predicted octanol–water partition coefficient (Wildman–Crippen LogP) is 0.550. The molecule has 180 valence electrons. The molecule has 2 aromatic rings. The number of carbonyl (C=O) groups is 1. The summed E-state index contributed by atoms with van der Waals surface area (Å²) in [5, 5.41) is 30.9. The van der Waals surface area contributed by atoms with Gasteiger partial charge in [-0.2, -0.15) is 0 Å². The molecule has 0 saturated heterocycles. The van der Waals surface area contributed by atoms with Crippen molar-refractivity contribution in [3.8, 4) is 11.1 Å². The van der Waals surface area contributed by atoms with Crippen LogP contribution in [0.3, 0.4) is 0 Å². The molecule has 0 fully saturated rings. The first-order chi connectivity index (χ1) is 15.5. The molecule has 1 aromatic carbocycles. The number of ether oxygens (including phenoxy) is 1. The number of aliphatic carboxylic acids is 1. The van der Waals surface area contributed by atoms with E-state index < -0.39 is 24.6 Å². The minimum Gasteiger partial charge on any atom is -0.550 e. The summed E-state index contributed by atoms with van der Waals surface area (Å²) in [6.45, 7) is 8.46. The molecule has 34 heavy (non-hydrogen) atoms. The van der Waals surface area contributed by atoms with Crippen molar-refractivity contribution in [2.75, 3.05) is 7.11 Å². The van der Waals surface area contributed by atoms with Crippen LogP contribution in [-0.4, -0.2) is 40.5 Å². The molecule has 0 aliphatic rings. The number of aliphatic hydroxyl groups is 2. The SMILES string of the molecule is COCc1c(C(C)C)nc(C(C)C)c(/C=C/C(O)CC(O)CC(=O)[O-])c1-c1ccc(F)cc1.[Na+]. The number of hydrogen-bond donors (Lipinski definition) is 2. The van der Waals surface area contributed by atoms with E-state index in [0.717, 1.165) is 33.6 Å². The number of benzene rings is 1. The molecule has 0 aliphatic heterocycles. The summed E-state index contributed by atoms with van der Waals surface area (Å²) >= 11 is 0. The fourth-order valence-corrected chi connectivity index (χ4v) is 3.84. The molecule has 2 rings (SSSR count). The third-order valence-corrected chi connectivity index (χ3v) is 5.31. The van der Waals surface area contributed by atoms with E-state index in [9.17, 15) is 24.5 Å². The molecular weight excluding hydrogens is 448 g/mol. The molecule has 1 aromatic heterocycles. The van der Waals surface area contributed by atoms with Gasteiger partial charge in [-0.25, -0.2) is 4.39 Å². The zero-order valence-corrected chi connectivity index (χ0v) is 22.8. The maximum Gasteiger partial charge on any atom is 1.00 e. The number of aliphatic hydroxyl groups excluding tert-OH is 2. The van der Waals surface area contributed by atoms with Crippen molar-refractivity contribution in [2.24, 2.45) is 0 Å². The Morgan fingerprint density at radius 2 is 1.71 bits per heavy atom. The molecule has 8 heteroatoms. The maximum atomic E-state index is 13.7. The molecule has 0 bridgehead atoms. The Kier molecular flexibility index (Phi) is 12.6. The van der Waals surface area contributed by atoms with Crippen molar-refractivity contribution < 1.29 is 58.8 Å². The molecule has 0 saturated carbocycles. The van der Waals surface area contributed by atoms with Crippen LogP contribution >= 0.6 is 0 Å². The average molecular weight is 482 g/mol. The van der Waals surface area contributed by atoms with Gasteiger partial charge in [0.1, 0.15) is 5.82 Å². The maximum absolute atomic E-state index is 13.7. The topological polar surface area (TPSA) is 103 Å². The largest absolute Gasteiger partial charge is 1.00 e. The van der Waals surface area contributed by atoms with Gasteiger partial charge in [-0.15, -0.1) is 0 Å². The van der Waals surface area contributed by atoms with Crippen molar-refractivity contribution in [3.05, 3.63) is 58.7 Å². The number of carboxylic acid groups (broad SMARTS) is 1. The third-order valence-electron chi connectivity index (χ3n) is 5.31. The van der Waals surface area contributed by atoms with E-state index in [4.69, 9.17) is 9.72 Å². The van der Waals surface area contributed by atoms with Gasteiger partial charge in [0.05, 0.1) is 24.5 Å². The van der Waals surface area contributed by atoms with Crippen LogP contribution in [0.15, 0.2) is 30.3 Å². The Labute approximate surface area is 223 Å². The van der Waals surface area contributed by atoms with Gasteiger partial charge in [-0.3, -0.25) is 4.98 Å². The van der Waals surface area contributed by atoms with Crippen LogP contribution in [-0.2, 0) is 16.1 Å². The summed E-state index contributed by atoms with van der Waals surface area (Å²) in [4.78, 5) is 15.6. The first-order valence-corrected chi connectivity index (χ1v) is 11.1. The molecule has 0 amide bonds. The van der Waals surface area contributed by atoms with Crippen LogP contribution < -0.4 is 34.7 Å². The standard InChI is InChI=1S/C26H34FNO5.Na/c1-15(2)25-21(11-10-19(29)12-20(30)13-23(31)32)24(17-6-8-18(27)9-7-17)22(14-33-5)26(28-25)16(3)4;/h6-11,15-16,19-20,29-30H,12-14H2,1-5H3,(H,31,32);/q;+1/p-1/b11-10+;. The van der Waals surface area contributed by atoms with E-state index in [1.165, 1.54) is 18.2 Å². The Hall–Kier alpha value is -1.61. The van der Waals surface area contributed by atoms with Crippen LogP contribution in [0.4, 0.5) is 4.39 Å². The third kappa shape index (κ3) is 8.26. The van der Waals surface area contributed by atoms with Crippen LogP contribution in [0, 0.1) is 5.82 Å². The van der Waals surface area contributed by atoms with Crippen LogP contribution in [0.25, 0.3) is 17.2 Å². The predicted molar refractivity (Wildman–Crippen MR) is 124 cm³/mol. The second kappa shape index (κ2) is 14.1. The van der Waals surface area contributed by atoms with E-state index in [1.807, 2.05) is 13.8 Å². The quantitative estimate of drug-likeness (QED) is 0.455. The van der Waals surface area contributed by atoms with E-state index in [2.05, 4.69) is 13.8 Å². The number of nitrogens with zero attached hydrogens (tertiary/aromatic N) is 1. The minimum atomic E-state index is -1.38. The normalized spacial score (nSPS) is 13.4. The van der Waals surface area contributed by atoms with Crippen LogP contribution in [0.5, 0.6) is 0 Å². The summed E-state index contributed by atoms with van der Waals surface area (Å²) < 4.78 is 19.2. The van der Waals surface area contributed by atoms with E-state index in [1.54, 1.807) is 25.3 Å². The van der Waals surface area contributed by atoms with Crippen molar-refractivity contribution >= 4 is 12.0 Å². The molecule has 1 heterocycles. The first kappa shape index (κ1) is 30.4. The summed E-state index contributed by atoms with van der Waals surface area (Å²) in [7, 11) is 1.60. The van der Waals surface area contributed by atoms with Crippen molar-refractivity contribution in [1.29, 1.82) is 0 Å². The molecule has 2 unspecified atom stereocenters. The molecule has 0 spiro atoms. The zero-order valence-electron chi connectivity index (χ0n) is 20.8. The molecular formula is C26H33FNNaO5. The minimum absolute atomic E-state index is 0. The van der Waals surface area contributed by atoms with Gasteiger partial charge in [-0.1, -0.05) is 52.0 Å². The number of aromatic nitrogens is 1. The van der Waals surface area contributed by atoms with Gasteiger partial charge < -0.3 is 24.9 Å². The number of pyridine rings is 1. The van der Waals surface area contributed by atoms with Crippen molar-refractivity contribution in [1.82, 2.24) is 4.98 Å². The fraction of sp³-hybridized carbons (Fsp3) is 0.462. The Morgan fingerprint density at radius 1 is 1.12 bits per heavy atom. The van der Waals surface area contributed by atoms with Crippen LogP contribution in [0.2, 0.25) is 0 Å². The number of carboxylic acids is 1. The van der Waals surface area contributed by atoms with Crippen molar-refractivity contribution in [3.63, 3.8) is 0 Å². The summed E-state index contributed by atoms with van der Waals surface area (Å²) in [5.74, 6) is -1.55. The molecule has 2 atom stereocenters. The van der Waals surface area contributed by atoms with Crippen molar-refractivity contribution in [2.45, 2.75) is 71.2 Å². The molecule has 0 radical (unpaired) electrons. The van der Waals surface area contributed by atoms with E-state index in [0.29, 0.717) is 6.61 Å². The summed E-state index contributed by atoms with van der Waals surface area (Å²) in [6.07, 6.45) is 0.264. The van der Waals surface area contributed by atoms with Gasteiger partial charge in [0.25, 0.3) is 0 Å². The Balaban J connectivity index is 0.00000578. The average Bonchev–Trinajstić information content (AvgIpc) is 2.72. The van der Waals surface area contributed by atoms with Gasteiger partial charge in [0.2, 0.25) is 0 Å². The number of rotatable bonds is 11. The second-order valence-electron chi connectivity index (χ2n) is 8.79.